The first-order chi connectivity index (χ1) is 8.29. The zero-order valence-electron chi connectivity index (χ0n) is 9.27. The number of rotatable bonds is 4. The molecular weight excluding hydrogens is 219 g/mol. The molecule has 3 nitrogen and oxygen atoms in total. The molecule has 0 fully saturated rings. The van der Waals surface area contributed by atoms with E-state index in [-0.39, 0.29) is 12.4 Å². The summed E-state index contributed by atoms with van der Waals surface area (Å²) >= 11 is 0. The Balaban J connectivity index is 2.02. The molecule has 0 aliphatic rings. The summed E-state index contributed by atoms with van der Waals surface area (Å²) in [5.41, 5.74) is 6.66. The zero-order valence-corrected chi connectivity index (χ0v) is 9.27. The normalized spacial score (nSPS) is 10.2. The van der Waals surface area contributed by atoms with Gasteiger partial charge in [0.25, 0.3) is 0 Å². The van der Waals surface area contributed by atoms with Crippen LogP contribution >= 0.6 is 0 Å². The van der Waals surface area contributed by atoms with E-state index in [0.717, 1.165) is 5.69 Å². The lowest BCUT2D eigenvalue weighted by Gasteiger charge is -2.07. The third-order valence-corrected chi connectivity index (χ3v) is 2.36. The van der Waals surface area contributed by atoms with Crippen LogP contribution in [-0.4, -0.2) is 4.98 Å². The van der Waals surface area contributed by atoms with Crippen LogP contribution in [0.15, 0.2) is 42.6 Å². The molecule has 1 aromatic carbocycles. The molecule has 0 aliphatic carbocycles. The SMILES string of the molecule is NCc1ccc(OCc2ccccn2)cc1F. The number of aromatic nitrogens is 1. The molecule has 0 unspecified atom stereocenters. The van der Waals surface area contributed by atoms with Gasteiger partial charge >= 0.3 is 0 Å². The van der Waals surface area contributed by atoms with E-state index in [2.05, 4.69) is 4.98 Å². The summed E-state index contributed by atoms with van der Waals surface area (Å²) in [6.45, 7) is 0.509. The molecule has 0 radical (unpaired) electrons. The monoisotopic (exact) mass is 232 g/mol. The summed E-state index contributed by atoms with van der Waals surface area (Å²) in [6, 6.07) is 10.2. The smallest absolute Gasteiger partial charge is 0.131 e. The molecule has 2 N–H and O–H groups in total. The van der Waals surface area contributed by atoms with Crippen molar-refractivity contribution in [3.05, 3.63) is 59.7 Å². The highest BCUT2D eigenvalue weighted by Gasteiger charge is 2.03. The lowest BCUT2D eigenvalue weighted by atomic mass is 10.2. The Bertz CT molecular complexity index is 488. The molecule has 0 saturated heterocycles. The minimum Gasteiger partial charge on any atom is -0.487 e. The molecule has 0 amide bonds. The molecular formula is C13H13FN2O. The third kappa shape index (κ3) is 3.01. The van der Waals surface area contributed by atoms with E-state index in [4.69, 9.17) is 10.5 Å². The third-order valence-electron chi connectivity index (χ3n) is 2.36. The second-order valence-electron chi connectivity index (χ2n) is 3.57. The highest BCUT2D eigenvalue weighted by molar-refractivity contribution is 5.29. The second kappa shape index (κ2) is 5.41. The van der Waals surface area contributed by atoms with Crippen molar-refractivity contribution in [3.8, 4) is 5.75 Å². The van der Waals surface area contributed by atoms with Crippen molar-refractivity contribution in [1.29, 1.82) is 0 Å². The lowest BCUT2D eigenvalue weighted by Crippen LogP contribution is -2.01. The molecule has 0 saturated carbocycles. The Morgan fingerprint density at radius 1 is 1.24 bits per heavy atom. The van der Waals surface area contributed by atoms with Crippen molar-refractivity contribution < 1.29 is 9.13 Å². The Morgan fingerprint density at radius 3 is 2.76 bits per heavy atom. The molecule has 0 bridgehead atoms. The van der Waals surface area contributed by atoms with E-state index < -0.39 is 0 Å². The van der Waals surface area contributed by atoms with Crippen LogP contribution in [-0.2, 0) is 13.2 Å². The first-order valence-corrected chi connectivity index (χ1v) is 5.31. The number of nitrogens with two attached hydrogens (primary N) is 1. The second-order valence-corrected chi connectivity index (χ2v) is 3.57. The number of hydrogen-bond donors (Lipinski definition) is 1. The first-order valence-electron chi connectivity index (χ1n) is 5.31. The van der Waals surface area contributed by atoms with Crippen molar-refractivity contribution in [2.45, 2.75) is 13.2 Å². The summed E-state index contributed by atoms with van der Waals surface area (Å²) < 4.78 is 18.8. The average molecular weight is 232 g/mol. The molecule has 0 spiro atoms. The van der Waals surface area contributed by atoms with Gasteiger partial charge in [0.1, 0.15) is 18.2 Å². The van der Waals surface area contributed by atoms with Gasteiger partial charge in [0, 0.05) is 24.4 Å². The standard InChI is InChI=1S/C13H13FN2O/c14-13-7-12(5-4-10(13)8-15)17-9-11-3-1-2-6-16-11/h1-7H,8-9,15H2. The van der Waals surface area contributed by atoms with Gasteiger partial charge in [-0.15, -0.1) is 0 Å². The molecule has 17 heavy (non-hydrogen) atoms. The molecule has 88 valence electrons. The number of benzene rings is 1. The fraction of sp³-hybridized carbons (Fsp3) is 0.154. The van der Waals surface area contributed by atoms with E-state index in [9.17, 15) is 4.39 Å². The average Bonchev–Trinajstić information content (AvgIpc) is 2.38. The maximum absolute atomic E-state index is 13.4. The van der Waals surface area contributed by atoms with Crippen LogP contribution in [0.4, 0.5) is 4.39 Å². The predicted octanol–water partition coefficient (Wildman–Crippen LogP) is 2.26. The molecule has 2 rings (SSSR count). The van der Waals surface area contributed by atoms with Crippen LogP contribution in [0.1, 0.15) is 11.3 Å². The fourth-order valence-electron chi connectivity index (χ4n) is 1.42. The number of hydrogen-bond acceptors (Lipinski definition) is 3. The van der Waals surface area contributed by atoms with Gasteiger partial charge in [-0.1, -0.05) is 12.1 Å². The van der Waals surface area contributed by atoms with Crippen LogP contribution in [0.25, 0.3) is 0 Å². The summed E-state index contributed by atoms with van der Waals surface area (Å²) in [6.07, 6.45) is 1.69. The number of ether oxygens (including phenoxy) is 1. The van der Waals surface area contributed by atoms with Crippen molar-refractivity contribution in [2.75, 3.05) is 0 Å². The van der Waals surface area contributed by atoms with Gasteiger partial charge in [-0.3, -0.25) is 4.98 Å². The minimum absolute atomic E-state index is 0.187. The quantitative estimate of drug-likeness (QED) is 0.879. The maximum atomic E-state index is 13.4. The van der Waals surface area contributed by atoms with E-state index in [0.29, 0.717) is 17.9 Å². The van der Waals surface area contributed by atoms with Crippen molar-refractivity contribution in [1.82, 2.24) is 4.98 Å². The van der Waals surface area contributed by atoms with E-state index >= 15 is 0 Å². The zero-order chi connectivity index (χ0) is 12.1. The van der Waals surface area contributed by atoms with E-state index in [1.165, 1.54) is 6.07 Å². The summed E-state index contributed by atoms with van der Waals surface area (Å²) in [5, 5.41) is 0. The lowest BCUT2D eigenvalue weighted by molar-refractivity contribution is 0.299. The Labute approximate surface area is 99.1 Å². The van der Waals surface area contributed by atoms with E-state index in [1.54, 1.807) is 18.3 Å². The van der Waals surface area contributed by atoms with Gasteiger partial charge in [-0.05, 0) is 18.2 Å². The Morgan fingerprint density at radius 2 is 2.12 bits per heavy atom. The number of halogens is 1. The molecule has 0 aliphatic heterocycles. The molecule has 0 atom stereocenters. The van der Waals surface area contributed by atoms with Gasteiger partial charge < -0.3 is 10.5 Å². The van der Waals surface area contributed by atoms with Crippen LogP contribution in [0.5, 0.6) is 5.75 Å². The minimum atomic E-state index is -0.342. The van der Waals surface area contributed by atoms with Gasteiger partial charge in [-0.2, -0.15) is 0 Å². The highest BCUT2D eigenvalue weighted by Crippen LogP contribution is 2.17. The van der Waals surface area contributed by atoms with Crippen LogP contribution in [0.3, 0.4) is 0 Å². The van der Waals surface area contributed by atoms with Gasteiger partial charge in [-0.25, -0.2) is 4.39 Å². The Hall–Kier alpha value is -1.94. The van der Waals surface area contributed by atoms with Crippen molar-refractivity contribution >= 4 is 0 Å². The molecule has 1 heterocycles. The van der Waals surface area contributed by atoms with Gasteiger partial charge in [0.15, 0.2) is 0 Å². The molecule has 1 aromatic heterocycles. The largest absolute Gasteiger partial charge is 0.487 e. The van der Waals surface area contributed by atoms with Crippen molar-refractivity contribution in [2.24, 2.45) is 5.73 Å². The first kappa shape index (κ1) is 11.5. The fourth-order valence-corrected chi connectivity index (χ4v) is 1.42. The highest BCUT2D eigenvalue weighted by atomic mass is 19.1. The summed E-state index contributed by atoms with van der Waals surface area (Å²) in [5.74, 6) is 0.136. The predicted molar refractivity (Wildman–Crippen MR) is 62.9 cm³/mol. The summed E-state index contributed by atoms with van der Waals surface area (Å²) in [4.78, 5) is 4.11. The maximum Gasteiger partial charge on any atom is 0.131 e. The van der Waals surface area contributed by atoms with Crippen molar-refractivity contribution in [3.63, 3.8) is 0 Å². The van der Waals surface area contributed by atoms with E-state index in [1.807, 2.05) is 18.2 Å². The topological polar surface area (TPSA) is 48.1 Å². The Kier molecular flexibility index (Phi) is 3.67. The van der Waals surface area contributed by atoms with Crippen LogP contribution in [0.2, 0.25) is 0 Å². The molecule has 4 heteroatoms. The number of nitrogens with zero attached hydrogens (tertiary/aromatic N) is 1. The number of pyridine rings is 1. The van der Waals surface area contributed by atoms with Gasteiger partial charge in [0.2, 0.25) is 0 Å². The molecule has 2 aromatic rings. The van der Waals surface area contributed by atoms with Crippen LogP contribution < -0.4 is 10.5 Å². The van der Waals surface area contributed by atoms with Gasteiger partial charge in [0.05, 0.1) is 5.69 Å². The summed E-state index contributed by atoms with van der Waals surface area (Å²) in [7, 11) is 0. The van der Waals surface area contributed by atoms with Crippen LogP contribution in [0, 0.1) is 5.82 Å².